The average Bonchev–Trinajstić information content (AvgIpc) is 2.65. The lowest BCUT2D eigenvalue weighted by atomic mass is 9.83. The molecule has 3 nitrogen and oxygen atoms in total. The molecule has 0 heterocycles. The number of ether oxygens (including phenoxy) is 1. The van der Waals surface area contributed by atoms with E-state index < -0.39 is 5.54 Å². The van der Waals surface area contributed by atoms with Crippen molar-refractivity contribution in [3.8, 4) is 0 Å². The van der Waals surface area contributed by atoms with Gasteiger partial charge in [0.2, 0.25) is 0 Å². The summed E-state index contributed by atoms with van der Waals surface area (Å²) >= 11 is 0. The highest BCUT2D eigenvalue weighted by molar-refractivity contribution is 5.80. The molecule has 1 aliphatic carbocycles. The van der Waals surface area contributed by atoms with Gasteiger partial charge >= 0.3 is 5.97 Å². The Morgan fingerprint density at radius 2 is 1.86 bits per heavy atom. The van der Waals surface area contributed by atoms with Crippen LogP contribution >= 0.6 is 0 Å². The van der Waals surface area contributed by atoms with E-state index in [1.54, 1.807) is 0 Å². The molecule has 0 aliphatic heterocycles. The Bertz CT molecular complexity index is 469. The largest absolute Gasteiger partial charge is 0.468 e. The van der Waals surface area contributed by atoms with Gasteiger partial charge in [-0.05, 0) is 36.7 Å². The van der Waals surface area contributed by atoms with Crippen molar-refractivity contribution < 1.29 is 9.53 Å². The van der Waals surface area contributed by atoms with Crippen molar-refractivity contribution in [2.45, 2.75) is 58.0 Å². The van der Waals surface area contributed by atoms with Crippen LogP contribution in [-0.4, -0.2) is 18.6 Å². The summed E-state index contributed by atoms with van der Waals surface area (Å²) in [5.41, 5.74) is 0.979. The first-order valence-electron chi connectivity index (χ1n) is 7.85. The smallest absolute Gasteiger partial charge is 0.326 e. The quantitative estimate of drug-likeness (QED) is 0.679. The van der Waals surface area contributed by atoms with E-state index in [2.05, 4.69) is 31.3 Å². The summed E-state index contributed by atoms with van der Waals surface area (Å²) in [4.78, 5) is 12.4. The molecule has 2 rings (SSSR count). The molecule has 1 aromatic rings. The Balaban J connectivity index is 2.12. The highest BCUT2D eigenvalue weighted by Crippen LogP contribution is 2.38. The van der Waals surface area contributed by atoms with Crippen molar-refractivity contribution in [2.75, 3.05) is 7.11 Å². The van der Waals surface area contributed by atoms with E-state index in [0.717, 1.165) is 25.7 Å². The van der Waals surface area contributed by atoms with Crippen LogP contribution in [-0.2, 0) is 16.1 Å². The van der Waals surface area contributed by atoms with Crippen LogP contribution in [0.5, 0.6) is 0 Å². The van der Waals surface area contributed by atoms with Crippen molar-refractivity contribution in [3.05, 3.63) is 35.9 Å². The van der Waals surface area contributed by atoms with Crippen LogP contribution in [0, 0.1) is 5.41 Å². The first-order chi connectivity index (χ1) is 9.97. The third kappa shape index (κ3) is 4.07. The van der Waals surface area contributed by atoms with Gasteiger partial charge in [0, 0.05) is 6.54 Å². The van der Waals surface area contributed by atoms with Crippen LogP contribution in [0.4, 0.5) is 0 Å². The third-order valence-corrected chi connectivity index (χ3v) is 4.74. The van der Waals surface area contributed by atoms with E-state index in [0.29, 0.717) is 12.0 Å². The Labute approximate surface area is 128 Å². The average molecular weight is 289 g/mol. The molecule has 0 aromatic heterocycles. The number of hydrogen-bond donors (Lipinski definition) is 1. The fraction of sp³-hybridized carbons (Fsp3) is 0.611. The van der Waals surface area contributed by atoms with E-state index in [9.17, 15) is 4.79 Å². The monoisotopic (exact) mass is 289 g/mol. The molecule has 1 unspecified atom stereocenters. The van der Waals surface area contributed by atoms with Crippen LogP contribution in [0.3, 0.4) is 0 Å². The summed E-state index contributed by atoms with van der Waals surface area (Å²) in [6, 6.07) is 10.2. The Morgan fingerprint density at radius 3 is 2.52 bits per heavy atom. The third-order valence-electron chi connectivity index (χ3n) is 4.74. The van der Waals surface area contributed by atoms with Gasteiger partial charge in [-0.15, -0.1) is 0 Å². The van der Waals surface area contributed by atoms with Gasteiger partial charge in [-0.3, -0.25) is 10.1 Å². The summed E-state index contributed by atoms with van der Waals surface area (Å²) in [6.07, 6.45) is 4.97. The number of esters is 1. The molecule has 0 saturated heterocycles. The standard InChI is InChI=1S/C18H27NO2/c1-17(2)10-7-11-18(13-12-17,16(20)21-3)19-14-15-8-5-4-6-9-15/h4-6,8-9,19H,7,10-14H2,1-3H3. The number of hydrogen-bond acceptors (Lipinski definition) is 3. The summed E-state index contributed by atoms with van der Waals surface area (Å²) in [5.74, 6) is -0.115. The molecule has 0 radical (unpaired) electrons. The molecule has 0 amide bonds. The lowest BCUT2D eigenvalue weighted by Crippen LogP contribution is -2.52. The second kappa shape index (κ2) is 6.61. The van der Waals surface area contributed by atoms with Gasteiger partial charge in [-0.25, -0.2) is 0 Å². The molecule has 21 heavy (non-hydrogen) atoms. The topological polar surface area (TPSA) is 38.3 Å². The summed E-state index contributed by atoms with van der Waals surface area (Å²) < 4.78 is 5.10. The van der Waals surface area contributed by atoms with Crippen molar-refractivity contribution in [3.63, 3.8) is 0 Å². The molecule has 1 fully saturated rings. The number of rotatable bonds is 4. The van der Waals surface area contributed by atoms with Gasteiger partial charge in [0.25, 0.3) is 0 Å². The van der Waals surface area contributed by atoms with E-state index in [-0.39, 0.29) is 5.97 Å². The Kier molecular flexibility index (Phi) is 5.04. The predicted octanol–water partition coefficient (Wildman–Crippen LogP) is 3.68. The minimum Gasteiger partial charge on any atom is -0.468 e. The second-order valence-corrected chi connectivity index (χ2v) is 6.93. The number of carbonyl (C=O) groups excluding carboxylic acids is 1. The molecule has 1 aromatic carbocycles. The number of methoxy groups -OCH3 is 1. The fourth-order valence-electron chi connectivity index (χ4n) is 3.19. The summed E-state index contributed by atoms with van der Waals surface area (Å²) in [6.45, 7) is 5.28. The van der Waals surface area contributed by atoms with E-state index in [1.165, 1.54) is 19.1 Å². The minimum atomic E-state index is -0.529. The maximum absolute atomic E-state index is 12.4. The zero-order chi connectivity index (χ0) is 15.3. The van der Waals surface area contributed by atoms with Crippen LogP contribution < -0.4 is 5.32 Å². The van der Waals surface area contributed by atoms with E-state index in [1.807, 2.05) is 18.2 Å². The van der Waals surface area contributed by atoms with E-state index >= 15 is 0 Å². The molecular weight excluding hydrogens is 262 g/mol. The van der Waals surface area contributed by atoms with Gasteiger partial charge in [-0.1, -0.05) is 50.6 Å². The van der Waals surface area contributed by atoms with Crippen molar-refractivity contribution >= 4 is 5.97 Å². The zero-order valence-corrected chi connectivity index (χ0v) is 13.4. The van der Waals surface area contributed by atoms with Crippen LogP contribution in [0.15, 0.2) is 30.3 Å². The second-order valence-electron chi connectivity index (χ2n) is 6.93. The first kappa shape index (κ1) is 16.0. The molecule has 0 spiro atoms. The van der Waals surface area contributed by atoms with Crippen molar-refractivity contribution in [1.29, 1.82) is 0 Å². The summed E-state index contributed by atoms with van der Waals surface area (Å²) in [7, 11) is 1.49. The molecule has 1 N–H and O–H groups in total. The van der Waals surface area contributed by atoms with Crippen molar-refractivity contribution in [2.24, 2.45) is 5.41 Å². The molecule has 1 saturated carbocycles. The van der Waals surface area contributed by atoms with Crippen molar-refractivity contribution in [1.82, 2.24) is 5.32 Å². The maximum Gasteiger partial charge on any atom is 0.326 e. The molecule has 0 bridgehead atoms. The zero-order valence-electron chi connectivity index (χ0n) is 13.4. The van der Waals surface area contributed by atoms with Gasteiger partial charge in [0.05, 0.1) is 7.11 Å². The summed E-state index contributed by atoms with van der Waals surface area (Å²) in [5, 5.41) is 3.51. The van der Waals surface area contributed by atoms with Gasteiger partial charge in [0.15, 0.2) is 0 Å². The van der Waals surface area contributed by atoms with Gasteiger partial charge in [-0.2, -0.15) is 0 Å². The molecule has 3 heteroatoms. The molecule has 1 atom stereocenters. The van der Waals surface area contributed by atoms with E-state index in [4.69, 9.17) is 4.74 Å². The van der Waals surface area contributed by atoms with Crippen LogP contribution in [0.25, 0.3) is 0 Å². The maximum atomic E-state index is 12.4. The Morgan fingerprint density at radius 1 is 1.14 bits per heavy atom. The number of carbonyl (C=O) groups is 1. The predicted molar refractivity (Wildman–Crippen MR) is 84.9 cm³/mol. The first-order valence-corrected chi connectivity index (χ1v) is 7.85. The molecular formula is C18H27NO2. The SMILES string of the molecule is COC(=O)C1(NCc2ccccc2)CCCC(C)(C)CC1. The fourth-order valence-corrected chi connectivity index (χ4v) is 3.19. The van der Waals surface area contributed by atoms with Gasteiger partial charge < -0.3 is 4.74 Å². The highest BCUT2D eigenvalue weighted by atomic mass is 16.5. The van der Waals surface area contributed by atoms with Gasteiger partial charge in [0.1, 0.15) is 5.54 Å². The molecule has 1 aliphatic rings. The lowest BCUT2D eigenvalue weighted by molar-refractivity contribution is -0.149. The molecule has 116 valence electrons. The normalized spacial score (nSPS) is 25.1. The van der Waals surface area contributed by atoms with Crippen LogP contribution in [0.2, 0.25) is 0 Å². The Hall–Kier alpha value is -1.35. The minimum absolute atomic E-state index is 0.115. The number of benzene rings is 1. The lowest BCUT2D eigenvalue weighted by Gasteiger charge is -2.32. The highest BCUT2D eigenvalue weighted by Gasteiger charge is 2.42. The number of nitrogens with one attached hydrogen (secondary N) is 1. The van der Waals surface area contributed by atoms with Crippen LogP contribution in [0.1, 0.15) is 51.5 Å².